The van der Waals surface area contributed by atoms with E-state index in [4.69, 9.17) is 11.6 Å². The number of nitrogens with zero attached hydrogens (tertiary/aromatic N) is 2. The van der Waals surface area contributed by atoms with Gasteiger partial charge >= 0.3 is 0 Å². The molecule has 3 nitrogen and oxygen atoms in total. The molecule has 5 rings (SSSR count). The van der Waals surface area contributed by atoms with Gasteiger partial charge in [0.1, 0.15) is 0 Å². The Hall–Kier alpha value is -3.42. The van der Waals surface area contributed by atoms with Gasteiger partial charge in [0, 0.05) is 5.02 Å². The largest absolute Gasteiger partial charge is 0.275 e. The summed E-state index contributed by atoms with van der Waals surface area (Å²) >= 11 is 6.69. The highest BCUT2D eigenvalue weighted by Crippen LogP contribution is 2.47. The summed E-state index contributed by atoms with van der Waals surface area (Å²) in [4.78, 5) is 0. The van der Waals surface area contributed by atoms with E-state index in [1.165, 1.54) is 0 Å². The standard InChI is InChI=1S/C26H18ClFN3/c27-21-14-16(15-29)12-13-19(21)23(18-8-4-9-18)24(17-6-2-1-3-7-17)20-10-5-11-22-25(20)26(28)31-30-22/h1-3,5-6,10-14,18H,4,8-9H2,(H,30,31)/b24-23+. The molecule has 1 aliphatic rings. The normalized spacial score (nSPS) is 14.7. The zero-order valence-corrected chi connectivity index (χ0v) is 17.4. The van der Waals surface area contributed by atoms with E-state index in [2.05, 4.69) is 22.3 Å². The minimum Gasteiger partial charge on any atom is -0.275 e. The van der Waals surface area contributed by atoms with Crippen LogP contribution >= 0.6 is 11.6 Å². The minimum absolute atomic E-state index is 0.291. The first kappa shape index (κ1) is 19.5. The van der Waals surface area contributed by atoms with E-state index < -0.39 is 5.95 Å². The van der Waals surface area contributed by atoms with E-state index in [1.54, 1.807) is 12.1 Å². The van der Waals surface area contributed by atoms with Gasteiger partial charge in [-0.2, -0.15) is 9.65 Å². The fourth-order valence-electron chi connectivity index (χ4n) is 4.28. The highest BCUT2D eigenvalue weighted by molar-refractivity contribution is 6.33. The van der Waals surface area contributed by atoms with E-state index in [0.717, 1.165) is 47.1 Å². The predicted molar refractivity (Wildman–Crippen MR) is 121 cm³/mol. The van der Waals surface area contributed by atoms with Crippen LogP contribution in [0.2, 0.25) is 5.02 Å². The van der Waals surface area contributed by atoms with Gasteiger partial charge in [0.05, 0.1) is 22.5 Å². The maximum Gasteiger partial charge on any atom is 0.240 e. The summed E-state index contributed by atoms with van der Waals surface area (Å²) in [5.41, 5.74) is 5.63. The minimum atomic E-state index is -0.530. The number of fused-ring (bicyclic) bond motifs is 1. The van der Waals surface area contributed by atoms with Crippen LogP contribution in [0.5, 0.6) is 0 Å². The van der Waals surface area contributed by atoms with Crippen LogP contribution in [0.4, 0.5) is 4.39 Å². The topological polar surface area (TPSA) is 52.5 Å². The van der Waals surface area contributed by atoms with Crippen molar-refractivity contribution >= 4 is 33.7 Å². The van der Waals surface area contributed by atoms with Gasteiger partial charge in [-0.25, -0.2) is 0 Å². The van der Waals surface area contributed by atoms with Gasteiger partial charge in [-0.15, -0.1) is 5.10 Å². The molecule has 1 N–H and O–H groups in total. The fourth-order valence-corrected chi connectivity index (χ4v) is 4.57. The maximum absolute atomic E-state index is 14.8. The van der Waals surface area contributed by atoms with E-state index in [0.29, 0.717) is 27.4 Å². The lowest BCUT2D eigenvalue weighted by Gasteiger charge is -2.32. The first-order valence-corrected chi connectivity index (χ1v) is 10.6. The Labute approximate surface area is 184 Å². The molecule has 151 valence electrons. The van der Waals surface area contributed by atoms with Crippen LogP contribution in [0.25, 0.3) is 22.0 Å². The predicted octanol–water partition coefficient (Wildman–Crippen LogP) is 6.79. The van der Waals surface area contributed by atoms with Crippen LogP contribution in [-0.2, 0) is 0 Å². The number of rotatable bonds is 4. The zero-order chi connectivity index (χ0) is 21.4. The van der Waals surface area contributed by atoms with Crippen LogP contribution in [0, 0.1) is 29.3 Å². The molecule has 31 heavy (non-hydrogen) atoms. The van der Waals surface area contributed by atoms with Crippen molar-refractivity contribution < 1.29 is 4.39 Å². The van der Waals surface area contributed by atoms with Gasteiger partial charge in [0.25, 0.3) is 0 Å². The average Bonchev–Trinajstić information content (AvgIpc) is 3.14. The molecule has 1 fully saturated rings. The van der Waals surface area contributed by atoms with Crippen molar-refractivity contribution in [2.45, 2.75) is 19.3 Å². The smallest absolute Gasteiger partial charge is 0.240 e. The van der Waals surface area contributed by atoms with Crippen molar-refractivity contribution in [3.05, 3.63) is 100.0 Å². The number of hydrogen-bond acceptors (Lipinski definition) is 2. The molecule has 1 aromatic heterocycles. The summed E-state index contributed by atoms with van der Waals surface area (Å²) in [6, 6.07) is 24.2. The summed E-state index contributed by atoms with van der Waals surface area (Å²) in [7, 11) is 0. The number of aromatic nitrogens is 2. The van der Waals surface area contributed by atoms with Crippen molar-refractivity contribution in [2.24, 2.45) is 5.92 Å². The van der Waals surface area contributed by atoms with Crippen molar-refractivity contribution in [3.63, 3.8) is 0 Å². The Morgan fingerprint density at radius 2 is 2.00 bits per heavy atom. The lowest BCUT2D eigenvalue weighted by atomic mass is 9.72. The first-order chi connectivity index (χ1) is 15.2. The molecule has 0 bridgehead atoms. The molecule has 0 aliphatic heterocycles. The average molecular weight is 427 g/mol. The Kier molecular flexibility index (Phi) is 5.05. The Balaban J connectivity index is 1.89. The number of aromatic amines is 1. The van der Waals surface area contributed by atoms with Gasteiger partial charge in [-0.05, 0) is 70.9 Å². The second-order valence-corrected chi connectivity index (χ2v) is 8.15. The van der Waals surface area contributed by atoms with Gasteiger partial charge in [-0.3, -0.25) is 5.10 Å². The molecule has 0 unspecified atom stereocenters. The first-order valence-electron chi connectivity index (χ1n) is 10.2. The third kappa shape index (κ3) is 3.41. The van der Waals surface area contributed by atoms with Crippen molar-refractivity contribution in [1.29, 1.82) is 5.26 Å². The van der Waals surface area contributed by atoms with Crippen LogP contribution in [0.3, 0.4) is 0 Å². The van der Waals surface area contributed by atoms with Crippen molar-refractivity contribution in [3.8, 4) is 6.07 Å². The number of nitrogens with one attached hydrogen (secondary N) is 1. The quantitative estimate of drug-likeness (QED) is 0.365. The Bertz CT molecular complexity index is 1340. The highest BCUT2D eigenvalue weighted by atomic mass is 35.5. The van der Waals surface area contributed by atoms with Gasteiger partial charge in [0.2, 0.25) is 5.95 Å². The van der Waals surface area contributed by atoms with Crippen LogP contribution in [0.15, 0.2) is 60.7 Å². The second-order valence-electron chi connectivity index (χ2n) is 7.74. The molecule has 4 aromatic rings. The highest BCUT2D eigenvalue weighted by Gasteiger charge is 2.29. The molecular formula is C26H18ClFN3. The van der Waals surface area contributed by atoms with E-state index in [1.807, 2.05) is 48.5 Å². The molecule has 5 heteroatoms. The van der Waals surface area contributed by atoms with Gasteiger partial charge in [0.15, 0.2) is 0 Å². The molecule has 0 spiro atoms. The number of H-pyrrole nitrogens is 1. The maximum atomic E-state index is 14.8. The number of hydrogen-bond donors (Lipinski definition) is 1. The molecule has 1 heterocycles. The van der Waals surface area contributed by atoms with Gasteiger partial charge in [-0.1, -0.05) is 60.5 Å². The zero-order valence-electron chi connectivity index (χ0n) is 16.6. The summed E-state index contributed by atoms with van der Waals surface area (Å²) < 4.78 is 14.8. The van der Waals surface area contributed by atoms with Crippen LogP contribution in [-0.4, -0.2) is 10.2 Å². The summed E-state index contributed by atoms with van der Waals surface area (Å²) in [5.74, 6) is -0.239. The van der Waals surface area contributed by atoms with Crippen LogP contribution in [0.1, 0.15) is 41.5 Å². The monoisotopic (exact) mass is 426 g/mol. The van der Waals surface area contributed by atoms with E-state index in [9.17, 15) is 9.65 Å². The number of nitriles is 1. The lowest BCUT2D eigenvalue weighted by Crippen LogP contribution is -2.15. The van der Waals surface area contributed by atoms with Gasteiger partial charge < -0.3 is 0 Å². The molecule has 0 amide bonds. The fraction of sp³-hybridized carbons (Fsp3) is 0.154. The lowest BCUT2D eigenvalue weighted by molar-refractivity contribution is 0.401. The second kappa shape index (κ2) is 8.02. The SMILES string of the molecule is N#Cc1ccc(/C(=C(\c2[c]cccc2)c2cccc3[nH]nc(F)c23)C2CCC2)c(Cl)c1. The van der Waals surface area contributed by atoms with E-state index in [-0.39, 0.29) is 0 Å². The van der Waals surface area contributed by atoms with Crippen LogP contribution < -0.4 is 0 Å². The molecule has 1 aliphatic carbocycles. The number of allylic oxidation sites excluding steroid dienone is 1. The molecule has 0 atom stereocenters. The summed E-state index contributed by atoms with van der Waals surface area (Å²) in [5, 5.41) is 16.8. The molecular weight excluding hydrogens is 409 g/mol. The molecule has 0 saturated heterocycles. The molecule has 1 saturated carbocycles. The summed E-state index contributed by atoms with van der Waals surface area (Å²) in [6.07, 6.45) is 3.20. The third-order valence-corrected chi connectivity index (χ3v) is 6.28. The Morgan fingerprint density at radius 3 is 2.68 bits per heavy atom. The molecule has 1 radical (unpaired) electrons. The Morgan fingerprint density at radius 1 is 1.13 bits per heavy atom. The van der Waals surface area contributed by atoms with Crippen molar-refractivity contribution in [2.75, 3.05) is 0 Å². The van der Waals surface area contributed by atoms with E-state index >= 15 is 0 Å². The third-order valence-electron chi connectivity index (χ3n) is 5.96. The number of halogens is 2. The van der Waals surface area contributed by atoms with Crippen molar-refractivity contribution in [1.82, 2.24) is 10.2 Å². The summed E-state index contributed by atoms with van der Waals surface area (Å²) in [6.45, 7) is 0. The number of benzene rings is 3. The molecule has 3 aromatic carbocycles.